The van der Waals surface area contributed by atoms with E-state index in [1.807, 2.05) is 0 Å². The lowest BCUT2D eigenvalue weighted by Gasteiger charge is -2.38. The van der Waals surface area contributed by atoms with Crippen LogP contribution in [0.15, 0.2) is 29.5 Å². The molecular formula is C28H44O2. The van der Waals surface area contributed by atoms with Gasteiger partial charge in [0.2, 0.25) is 0 Å². The number of phenolic OH excluding ortho intramolecular Hbond substituents is 1. The van der Waals surface area contributed by atoms with E-state index in [9.17, 15) is 10.2 Å². The minimum Gasteiger partial charge on any atom is -0.512 e. The molecule has 30 heavy (non-hydrogen) atoms. The van der Waals surface area contributed by atoms with Crippen LogP contribution >= 0.6 is 0 Å². The van der Waals surface area contributed by atoms with E-state index in [1.165, 1.54) is 5.57 Å². The van der Waals surface area contributed by atoms with E-state index in [-0.39, 0.29) is 27.6 Å². The van der Waals surface area contributed by atoms with Gasteiger partial charge in [-0.1, -0.05) is 89.2 Å². The summed E-state index contributed by atoms with van der Waals surface area (Å²) >= 11 is 0. The number of hydrogen-bond acceptors (Lipinski definition) is 2. The SMILES string of the molecule is CC(C)(C)C1=C(O)C(C(C)(C)C)CC(c2cc(C(C)(C)C)c(O)c(C(C)(C)C)c2)=C1. The molecule has 0 radical (unpaired) electrons. The minimum atomic E-state index is -0.163. The van der Waals surface area contributed by atoms with Crippen LogP contribution in [0.1, 0.15) is 106 Å². The Bertz CT molecular complexity index is 834. The second-order valence-electron chi connectivity index (χ2n) is 13.3. The molecule has 2 rings (SSSR count). The summed E-state index contributed by atoms with van der Waals surface area (Å²) in [6.07, 6.45) is 3.00. The number of rotatable bonds is 1. The number of aromatic hydroxyl groups is 1. The molecule has 0 amide bonds. The highest BCUT2D eigenvalue weighted by Gasteiger charge is 2.37. The van der Waals surface area contributed by atoms with Crippen molar-refractivity contribution in [2.45, 2.75) is 100 Å². The molecule has 0 aromatic heterocycles. The second-order valence-corrected chi connectivity index (χ2v) is 13.3. The average molecular weight is 413 g/mol. The standard InChI is InChI=1S/C28H44O2/c1-25(2,3)19-13-17(14-20(23(19)29)26(4,5)6)18-15-21(27(7,8)9)24(30)22(16-18)28(10,11)12/h13-15,22,29-30H,16H2,1-12H3. The lowest BCUT2D eigenvalue weighted by Crippen LogP contribution is -2.28. The van der Waals surface area contributed by atoms with Crippen LogP contribution in [0.4, 0.5) is 0 Å². The van der Waals surface area contributed by atoms with E-state index >= 15 is 0 Å². The van der Waals surface area contributed by atoms with Crippen molar-refractivity contribution in [3.63, 3.8) is 0 Å². The van der Waals surface area contributed by atoms with Crippen LogP contribution in [0.5, 0.6) is 5.75 Å². The van der Waals surface area contributed by atoms with Gasteiger partial charge in [-0.2, -0.15) is 0 Å². The van der Waals surface area contributed by atoms with Gasteiger partial charge in [-0.15, -0.1) is 0 Å². The zero-order valence-corrected chi connectivity index (χ0v) is 21.4. The summed E-state index contributed by atoms with van der Waals surface area (Å²) in [6, 6.07) is 4.33. The molecule has 2 heteroatoms. The Morgan fingerprint density at radius 1 is 0.700 bits per heavy atom. The molecule has 0 bridgehead atoms. The summed E-state index contributed by atoms with van der Waals surface area (Å²) in [5, 5.41) is 22.3. The molecule has 0 heterocycles. The fourth-order valence-corrected chi connectivity index (χ4v) is 4.29. The van der Waals surface area contributed by atoms with Gasteiger partial charge < -0.3 is 10.2 Å². The molecular weight excluding hydrogens is 368 g/mol. The van der Waals surface area contributed by atoms with Gasteiger partial charge in [0.05, 0.1) is 5.76 Å². The zero-order valence-electron chi connectivity index (χ0n) is 21.4. The first kappa shape index (κ1) is 24.6. The molecule has 1 aromatic rings. The number of aliphatic hydroxyl groups excluding tert-OH is 1. The molecule has 168 valence electrons. The summed E-state index contributed by atoms with van der Waals surface area (Å²) in [6.45, 7) is 26.0. The highest BCUT2D eigenvalue weighted by Crippen LogP contribution is 2.48. The van der Waals surface area contributed by atoms with Crippen molar-refractivity contribution in [3.05, 3.63) is 46.2 Å². The van der Waals surface area contributed by atoms with Crippen LogP contribution in [0, 0.1) is 16.7 Å². The quantitative estimate of drug-likeness (QED) is 0.487. The summed E-state index contributed by atoms with van der Waals surface area (Å²) < 4.78 is 0. The van der Waals surface area contributed by atoms with Gasteiger partial charge in [0, 0.05) is 17.0 Å². The predicted octanol–water partition coefficient (Wildman–Crippen LogP) is 8.29. The Morgan fingerprint density at radius 3 is 1.47 bits per heavy atom. The first-order valence-corrected chi connectivity index (χ1v) is 11.3. The van der Waals surface area contributed by atoms with Crippen molar-refractivity contribution in [3.8, 4) is 5.75 Å². The summed E-state index contributed by atoms with van der Waals surface area (Å²) in [7, 11) is 0. The van der Waals surface area contributed by atoms with Crippen LogP contribution in [0.3, 0.4) is 0 Å². The van der Waals surface area contributed by atoms with Crippen molar-refractivity contribution in [2.75, 3.05) is 0 Å². The van der Waals surface area contributed by atoms with Crippen LogP contribution < -0.4 is 0 Å². The van der Waals surface area contributed by atoms with Crippen LogP contribution in [-0.2, 0) is 10.8 Å². The first-order valence-electron chi connectivity index (χ1n) is 11.3. The molecule has 1 atom stereocenters. The number of benzene rings is 1. The third-order valence-electron chi connectivity index (χ3n) is 6.30. The monoisotopic (exact) mass is 412 g/mol. The van der Waals surface area contributed by atoms with Crippen molar-refractivity contribution < 1.29 is 10.2 Å². The Labute approximate surface area is 185 Å². The van der Waals surface area contributed by atoms with Gasteiger partial charge in [0.1, 0.15) is 5.75 Å². The Hall–Kier alpha value is -1.70. The van der Waals surface area contributed by atoms with Crippen LogP contribution in [0.25, 0.3) is 5.57 Å². The van der Waals surface area contributed by atoms with Gasteiger partial charge in [0.25, 0.3) is 0 Å². The number of hydrogen-bond donors (Lipinski definition) is 2. The molecule has 1 aliphatic rings. The third kappa shape index (κ3) is 4.95. The molecule has 0 fully saturated rings. The lowest BCUT2D eigenvalue weighted by atomic mass is 9.67. The number of allylic oxidation sites excluding steroid dienone is 4. The van der Waals surface area contributed by atoms with Crippen molar-refractivity contribution in [1.29, 1.82) is 0 Å². The molecule has 2 nitrogen and oxygen atoms in total. The Morgan fingerprint density at radius 2 is 1.13 bits per heavy atom. The normalized spacial score (nSPS) is 19.2. The van der Waals surface area contributed by atoms with Gasteiger partial charge in [-0.05, 0) is 56.9 Å². The van der Waals surface area contributed by atoms with E-state index in [0.29, 0.717) is 11.5 Å². The Balaban J connectivity index is 2.82. The molecule has 0 aliphatic heterocycles. The largest absolute Gasteiger partial charge is 0.512 e. The molecule has 1 unspecified atom stereocenters. The van der Waals surface area contributed by atoms with E-state index < -0.39 is 0 Å². The predicted molar refractivity (Wildman–Crippen MR) is 130 cm³/mol. The van der Waals surface area contributed by atoms with E-state index in [1.54, 1.807) is 0 Å². The molecule has 0 spiro atoms. The zero-order chi connectivity index (χ0) is 23.4. The molecule has 0 saturated carbocycles. The second kappa shape index (κ2) is 7.46. The van der Waals surface area contributed by atoms with E-state index in [2.05, 4.69) is 101 Å². The summed E-state index contributed by atoms with van der Waals surface area (Å²) in [5.41, 5.74) is 4.87. The Kier molecular flexibility index (Phi) is 6.11. The molecule has 0 saturated heterocycles. The van der Waals surface area contributed by atoms with Crippen molar-refractivity contribution in [1.82, 2.24) is 0 Å². The first-order chi connectivity index (χ1) is 13.2. The van der Waals surface area contributed by atoms with Crippen molar-refractivity contribution >= 4 is 5.57 Å². The number of aliphatic hydroxyl groups is 1. The topological polar surface area (TPSA) is 40.5 Å². The van der Waals surface area contributed by atoms with E-state index in [4.69, 9.17) is 0 Å². The van der Waals surface area contributed by atoms with Gasteiger partial charge in [-0.3, -0.25) is 0 Å². The molecule has 2 N–H and O–H groups in total. The van der Waals surface area contributed by atoms with Gasteiger partial charge in [0.15, 0.2) is 0 Å². The maximum absolute atomic E-state index is 11.2. The summed E-state index contributed by atoms with van der Waals surface area (Å²) in [5.74, 6) is 1.01. The minimum absolute atomic E-state index is 0.0449. The highest BCUT2D eigenvalue weighted by molar-refractivity contribution is 5.74. The molecule has 1 aromatic carbocycles. The molecule has 1 aliphatic carbocycles. The fourth-order valence-electron chi connectivity index (χ4n) is 4.29. The lowest BCUT2D eigenvalue weighted by molar-refractivity contribution is 0.193. The summed E-state index contributed by atoms with van der Waals surface area (Å²) in [4.78, 5) is 0. The maximum Gasteiger partial charge on any atom is 0.123 e. The van der Waals surface area contributed by atoms with Crippen LogP contribution in [0.2, 0.25) is 0 Å². The van der Waals surface area contributed by atoms with E-state index in [0.717, 1.165) is 28.7 Å². The smallest absolute Gasteiger partial charge is 0.123 e. The number of phenols is 1. The average Bonchev–Trinajstić information content (AvgIpc) is 2.50. The van der Waals surface area contributed by atoms with Crippen molar-refractivity contribution in [2.24, 2.45) is 16.7 Å². The maximum atomic E-state index is 11.2. The van der Waals surface area contributed by atoms with Crippen LogP contribution in [-0.4, -0.2) is 10.2 Å². The van der Waals surface area contributed by atoms with Gasteiger partial charge in [-0.25, -0.2) is 0 Å². The van der Waals surface area contributed by atoms with Gasteiger partial charge >= 0.3 is 0 Å². The fraction of sp³-hybridized carbons (Fsp3) is 0.643. The highest BCUT2D eigenvalue weighted by atomic mass is 16.3. The third-order valence-corrected chi connectivity index (χ3v) is 6.30.